The molecule has 0 saturated carbocycles. The minimum absolute atomic E-state index is 0.101. The Balaban J connectivity index is 2.05. The van der Waals surface area contributed by atoms with E-state index in [1.165, 1.54) is 11.3 Å². The predicted octanol–water partition coefficient (Wildman–Crippen LogP) is 3.68. The number of hydrogen-bond acceptors (Lipinski definition) is 6. The highest BCUT2D eigenvalue weighted by Gasteiger charge is 2.17. The number of hydrogen-bond donors (Lipinski definition) is 1. The zero-order valence-electron chi connectivity index (χ0n) is 15.9. The number of rotatable bonds is 9. The molecule has 26 heavy (non-hydrogen) atoms. The molecule has 6 nitrogen and oxygen atoms in total. The molecule has 1 N–H and O–H groups in total. The van der Waals surface area contributed by atoms with Crippen molar-refractivity contribution in [2.75, 3.05) is 27.4 Å². The van der Waals surface area contributed by atoms with E-state index in [9.17, 15) is 4.79 Å². The Morgan fingerprint density at radius 2 is 1.96 bits per heavy atom. The number of nitrogens with one attached hydrogen (secondary N) is 1. The van der Waals surface area contributed by atoms with Crippen LogP contribution in [0.1, 0.15) is 35.6 Å². The molecule has 1 aromatic carbocycles. The first-order chi connectivity index (χ1) is 12.5. The Morgan fingerprint density at radius 3 is 2.62 bits per heavy atom. The molecule has 0 bridgehead atoms. The summed E-state index contributed by atoms with van der Waals surface area (Å²) in [7, 11) is 3.19. The fourth-order valence-corrected chi connectivity index (χ4v) is 3.35. The summed E-state index contributed by atoms with van der Waals surface area (Å²) in [6.07, 6.45) is 0.989. The standard InChI is InChI=1S/C19H26N2O4S/c1-12(2)25-10-6-9-20-18(22)17-13(3)21-19(26-17)14-7-8-15(23-4)16(11-14)24-5/h7-8,11-12H,6,9-10H2,1-5H3,(H,20,22). The smallest absolute Gasteiger partial charge is 0.263 e. The molecule has 1 amide bonds. The largest absolute Gasteiger partial charge is 0.493 e. The lowest BCUT2D eigenvalue weighted by molar-refractivity contribution is 0.0757. The van der Waals surface area contributed by atoms with Gasteiger partial charge in [-0.25, -0.2) is 4.98 Å². The maximum Gasteiger partial charge on any atom is 0.263 e. The zero-order valence-corrected chi connectivity index (χ0v) is 16.7. The number of ether oxygens (including phenoxy) is 3. The molecule has 7 heteroatoms. The Hall–Kier alpha value is -2.12. The van der Waals surface area contributed by atoms with Gasteiger partial charge in [0.1, 0.15) is 9.88 Å². The van der Waals surface area contributed by atoms with Crippen LogP contribution in [-0.4, -0.2) is 44.4 Å². The van der Waals surface area contributed by atoms with Crippen molar-refractivity contribution >= 4 is 17.2 Å². The Kier molecular flexibility index (Phi) is 7.41. The molecule has 2 aromatic rings. The number of aryl methyl sites for hydroxylation is 1. The molecular formula is C19H26N2O4S. The number of carbonyl (C=O) groups excluding carboxylic acids is 1. The first-order valence-electron chi connectivity index (χ1n) is 8.55. The van der Waals surface area contributed by atoms with Crippen molar-refractivity contribution in [2.24, 2.45) is 0 Å². The van der Waals surface area contributed by atoms with Crippen molar-refractivity contribution in [1.82, 2.24) is 10.3 Å². The maximum absolute atomic E-state index is 12.4. The number of amides is 1. The van der Waals surface area contributed by atoms with Crippen molar-refractivity contribution < 1.29 is 19.0 Å². The quantitative estimate of drug-likeness (QED) is 0.674. The number of carbonyl (C=O) groups is 1. The lowest BCUT2D eigenvalue weighted by Gasteiger charge is -2.08. The summed E-state index contributed by atoms with van der Waals surface area (Å²) in [6.45, 7) is 7.05. The minimum atomic E-state index is -0.101. The highest BCUT2D eigenvalue weighted by atomic mass is 32.1. The summed E-state index contributed by atoms with van der Waals surface area (Å²) < 4.78 is 16.1. The second kappa shape index (κ2) is 9.54. The molecule has 0 aliphatic rings. The van der Waals surface area contributed by atoms with E-state index in [0.717, 1.165) is 22.7 Å². The summed E-state index contributed by atoms with van der Waals surface area (Å²) in [5.41, 5.74) is 1.61. The maximum atomic E-state index is 12.4. The number of nitrogens with zero attached hydrogens (tertiary/aromatic N) is 1. The third-order valence-electron chi connectivity index (χ3n) is 3.69. The topological polar surface area (TPSA) is 69.7 Å². The van der Waals surface area contributed by atoms with Crippen LogP contribution in [0.25, 0.3) is 10.6 Å². The van der Waals surface area contributed by atoms with Crippen molar-refractivity contribution in [3.8, 4) is 22.1 Å². The van der Waals surface area contributed by atoms with Crippen LogP contribution in [0.15, 0.2) is 18.2 Å². The van der Waals surface area contributed by atoms with Crippen molar-refractivity contribution in [3.63, 3.8) is 0 Å². The van der Waals surface area contributed by atoms with Crippen molar-refractivity contribution in [3.05, 3.63) is 28.8 Å². The molecule has 1 aromatic heterocycles. The summed E-state index contributed by atoms with van der Waals surface area (Å²) >= 11 is 1.37. The molecular weight excluding hydrogens is 352 g/mol. The summed E-state index contributed by atoms with van der Waals surface area (Å²) in [4.78, 5) is 17.6. The molecule has 2 rings (SSSR count). The molecule has 1 heterocycles. The van der Waals surface area contributed by atoms with Crippen molar-refractivity contribution in [1.29, 1.82) is 0 Å². The van der Waals surface area contributed by atoms with Gasteiger partial charge in [0.25, 0.3) is 5.91 Å². The number of methoxy groups -OCH3 is 2. The van der Waals surface area contributed by atoms with Crippen LogP contribution in [0.4, 0.5) is 0 Å². The molecule has 0 spiro atoms. The zero-order chi connectivity index (χ0) is 19.1. The molecule has 0 aliphatic heterocycles. The van der Waals surface area contributed by atoms with Crippen LogP contribution < -0.4 is 14.8 Å². The van der Waals surface area contributed by atoms with Gasteiger partial charge in [-0.15, -0.1) is 11.3 Å². The van der Waals surface area contributed by atoms with Gasteiger partial charge in [-0.3, -0.25) is 4.79 Å². The van der Waals surface area contributed by atoms with Crippen LogP contribution in [0.2, 0.25) is 0 Å². The van der Waals surface area contributed by atoms with Gasteiger partial charge in [0, 0.05) is 18.7 Å². The first kappa shape index (κ1) is 20.2. The van der Waals surface area contributed by atoms with E-state index in [0.29, 0.717) is 29.5 Å². The number of thiazole rings is 1. The lowest BCUT2D eigenvalue weighted by Crippen LogP contribution is -2.25. The fraction of sp³-hybridized carbons (Fsp3) is 0.474. The SMILES string of the molecule is COc1ccc(-c2nc(C)c(C(=O)NCCCOC(C)C)s2)cc1OC. The summed E-state index contributed by atoms with van der Waals surface area (Å²) in [5, 5.41) is 3.70. The van der Waals surface area contributed by atoms with E-state index in [2.05, 4.69) is 10.3 Å². The fourth-order valence-electron chi connectivity index (χ4n) is 2.37. The lowest BCUT2D eigenvalue weighted by atomic mass is 10.2. The average Bonchev–Trinajstić information content (AvgIpc) is 3.02. The van der Waals surface area contributed by atoms with E-state index in [1.54, 1.807) is 14.2 Å². The monoisotopic (exact) mass is 378 g/mol. The van der Waals surface area contributed by atoms with Crippen LogP contribution >= 0.6 is 11.3 Å². The second-order valence-corrected chi connectivity index (χ2v) is 7.03. The molecule has 0 aliphatic carbocycles. The van der Waals surface area contributed by atoms with E-state index in [1.807, 2.05) is 39.0 Å². The predicted molar refractivity (Wildman–Crippen MR) is 103 cm³/mol. The normalized spacial score (nSPS) is 10.8. The molecule has 0 radical (unpaired) electrons. The molecule has 142 valence electrons. The summed E-state index contributed by atoms with van der Waals surface area (Å²) in [6, 6.07) is 5.60. The number of benzene rings is 1. The van der Waals surface area contributed by atoms with Gasteiger partial charge in [0.15, 0.2) is 11.5 Å². The van der Waals surface area contributed by atoms with E-state index in [4.69, 9.17) is 14.2 Å². The average molecular weight is 378 g/mol. The molecule has 0 unspecified atom stereocenters. The molecule has 0 fully saturated rings. The van der Waals surface area contributed by atoms with Crippen molar-refractivity contribution in [2.45, 2.75) is 33.3 Å². The number of aromatic nitrogens is 1. The van der Waals surface area contributed by atoms with Gasteiger partial charge in [-0.05, 0) is 45.4 Å². The van der Waals surface area contributed by atoms with E-state index in [-0.39, 0.29) is 12.0 Å². The van der Waals surface area contributed by atoms with Crippen LogP contribution in [-0.2, 0) is 4.74 Å². The van der Waals surface area contributed by atoms with Crippen LogP contribution in [0.5, 0.6) is 11.5 Å². The highest BCUT2D eigenvalue weighted by Crippen LogP contribution is 2.34. The van der Waals surface area contributed by atoms with Gasteiger partial charge in [-0.1, -0.05) is 0 Å². The second-order valence-electron chi connectivity index (χ2n) is 6.03. The van der Waals surface area contributed by atoms with Gasteiger partial charge in [0.2, 0.25) is 0 Å². The van der Waals surface area contributed by atoms with Gasteiger partial charge in [0.05, 0.1) is 26.0 Å². The Morgan fingerprint density at radius 1 is 1.23 bits per heavy atom. The third kappa shape index (κ3) is 5.19. The Labute approximate surface area is 158 Å². The van der Waals surface area contributed by atoms with Crippen LogP contribution in [0.3, 0.4) is 0 Å². The Bertz CT molecular complexity index is 743. The van der Waals surface area contributed by atoms with E-state index < -0.39 is 0 Å². The van der Waals surface area contributed by atoms with Crippen LogP contribution in [0, 0.1) is 6.92 Å². The highest BCUT2D eigenvalue weighted by molar-refractivity contribution is 7.17. The first-order valence-corrected chi connectivity index (χ1v) is 9.37. The minimum Gasteiger partial charge on any atom is -0.493 e. The third-order valence-corrected chi connectivity index (χ3v) is 4.90. The summed E-state index contributed by atoms with van der Waals surface area (Å²) in [5.74, 6) is 1.19. The van der Waals surface area contributed by atoms with Gasteiger partial charge >= 0.3 is 0 Å². The van der Waals surface area contributed by atoms with E-state index >= 15 is 0 Å². The molecule has 0 atom stereocenters. The van der Waals surface area contributed by atoms with Gasteiger partial charge < -0.3 is 19.5 Å². The molecule has 0 saturated heterocycles. The van der Waals surface area contributed by atoms with Gasteiger partial charge in [-0.2, -0.15) is 0 Å².